The maximum absolute atomic E-state index is 12.4. The van der Waals surface area contributed by atoms with E-state index in [1.807, 2.05) is 6.92 Å². The molecule has 1 aliphatic rings. The summed E-state index contributed by atoms with van der Waals surface area (Å²) in [5.41, 5.74) is 0. The Bertz CT molecular complexity index is 305. The van der Waals surface area contributed by atoms with Gasteiger partial charge in [-0.2, -0.15) is 0 Å². The molecule has 0 radical (unpaired) electrons. The smallest absolute Gasteiger partial charge is 0.245 e. The summed E-state index contributed by atoms with van der Waals surface area (Å²) in [6, 6.07) is -0.359. The Hall–Kier alpha value is -1.10. The average molecular weight is 270 g/mol. The van der Waals surface area contributed by atoms with E-state index >= 15 is 0 Å². The number of nitrogens with one attached hydrogen (secondary N) is 1. The molecule has 5 nitrogen and oxygen atoms in total. The highest BCUT2D eigenvalue weighted by Crippen LogP contribution is 2.12. The van der Waals surface area contributed by atoms with Crippen LogP contribution in [0, 0.1) is 5.92 Å². The minimum Gasteiger partial charge on any atom is -0.382 e. The van der Waals surface area contributed by atoms with Crippen molar-refractivity contribution in [1.29, 1.82) is 0 Å². The lowest BCUT2D eigenvalue weighted by molar-refractivity contribution is -0.134. The lowest BCUT2D eigenvalue weighted by Gasteiger charge is -2.24. The van der Waals surface area contributed by atoms with Crippen molar-refractivity contribution in [3.8, 4) is 0 Å². The lowest BCUT2D eigenvalue weighted by atomic mass is 10.0. The molecular formula is C14H26N2O3. The SMILES string of the molecule is CCOCCCN1CCC(=O)NC(CC(C)C)C1=O. The third-order valence-electron chi connectivity index (χ3n) is 3.18. The molecule has 0 aromatic carbocycles. The molecule has 0 spiro atoms. The van der Waals surface area contributed by atoms with Gasteiger partial charge in [-0.05, 0) is 25.7 Å². The molecule has 110 valence electrons. The number of carbonyl (C=O) groups is 2. The fourth-order valence-corrected chi connectivity index (χ4v) is 2.25. The highest BCUT2D eigenvalue weighted by atomic mass is 16.5. The summed E-state index contributed by atoms with van der Waals surface area (Å²) in [5, 5.41) is 2.83. The van der Waals surface area contributed by atoms with Crippen LogP contribution in [0.15, 0.2) is 0 Å². The number of hydrogen-bond donors (Lipinski definition) is 1. The number of carbonyl (C=O) groups excluding carboxylic acids is 2. The Morgan fingerprint density at radius 2 is 2.16 bits per heavy atom. The Morgan fingerprint density at radius 1 is 1.42 bits per heavy atom. The first-order valence-corrected chi connectivity index (χ1v) is 7.20. The van der Waals surface area contributed by atoms with Gasteiger partial charge in [-0.25, -0.2) is 0 Å². The van der Waals surface area contributed by atoms with E-state index in [-0.39, 0.29) is 17.9 Å². The predicted molar refractivity (Wildman–Crippen MR) is 73.7 cm³/mol. The van der Waals surface area contributed by atoms with E-state index in [9.17, 15) is 9.59 Å². The molecule has 1 saturated heterocycles. The largest absolute Gasteiger partial charge is 0.382 e. The van der Waals surface area contributed by atoms with Crippen LogP contribution in [0.3, 0.4) is 0 Å². The molecule has 19 heavy (non-hydrogen) atoms. The van der Waals surface area contributed by atoms with Gasteiger partial charge in [0.05, 0.1) is 0 Å². The quantitative estimate of drug-likeness (QED) is 0.707. The van der Waals surface area contributed by atoms with Gasteiger partial charge < -0.3 is 15.0 Å². The van der Waals surface area contributed by atoms with Crippen molar-refractivity contribution in [3.63, 3.8) is 0 Å². The van der Waals surface area contributed by atoms with E-state index in [1.165, 1.54) is 0 Å². The second kappa shape index (κ2) is 8.15. The molecule has 0 aliphatic carbocycles. The van der Waals surface area contributed by atoms with Gasteiger partial charge in [0.15, 0.2) is 0 Å². The van der Waals surface area contributed by atoms with Gasteiger partial charge in [-0.1, -0.05) is 13.8 Å². The van der Waals surface area contributed by atoms with Crippen LogP contribution in [0.25, 0.3) is 0 Å². The molecule has 5 heteroatoms. The molecule has 0 saturated carbocycles. The normalized spacial score (nSPS) is 20.6. The van der Waals surface area contributed by atoms with Crippen LogP contribution in [-0.4, -0.2) is 49.1 Å². The van der Waals surface area contributed by atoms with E-state index in [2.05, 4.69) is 19.2 Å². The standard InChI is InChI=1S/C14H26N2O3/c1-4-19-9-5-7-16-8-6-13(17)15-12(14(16)18)10-11(2)3/h11-12H,4-10H2,1-3H3,(H,15,17). The van der Waals surface area contributed by atoms with Crippen LogP contribution in [0.1, 0.15) is 40.0 Å². The first kappa shape index (κ1) is 16.0. The molecule has 1 heterocycles. The minimum absolute atomic E-state index is 0.0219. The average Bonchev–Trinajstić information content (AvgIpc) is 2.47. The Morgan fingerprint density at radius 3 is 2.79 bits per heavy atom. The zero-order valence-corrected chi connectivity index (χ0v) is 12.3. The zero-order valence-electron chi connectivity index (χ0n) is 12.3. The number of amides is 2. The van der Waals surface area contributed by atoms with Gasteiger partial charge in [0.25, 0.3) is 0 Å². The van der Waals surface area contributed by atoms with E-state index in [1.54, 1.807) is 4.90 Å². The van der Waals surface area contributed by atoms with E-state index < -0.39 is 0 Å². The lowest BCUT2D eigenvalue weighted by Crippen LogP contribution is -2.45. The van der Waals surface area contributed by atoms with Crippen molar-refractivity contribution < 1.29 is 14.3 Å². The summed E-state index contributed by atoms with van der Waals surface area (Å²) in [5.74, 6) is 0.417. The van der Waals surface area contributed by atoms with Crippen molar-refractivity contribution in [2.24, 2.45) is 5.92 Å². The van der Waals surface area contributed by atoms with Crippen molar-refractivity contribution in [1.82, 2.24) is 10.2 Å². The summed E-state index contributed by atoms with van der Waals surface area (Å²) in [6.07, 6.45) is 1.92. The van der Waals surface area contributed by atoms with Crippen LogP contribution >= 0.6 is 0 Å². The molecule has 1 aliphatic heterocycles. The summed E-state index contributed by atoms with van der Waals surface area (Å²) in [6.45, 7) is 8.63. The first-order chi connectivity index (χ1) is 9.04. The highest BCUT2D eigenvalue weighted by Gasteiger charge is 2.29. The van der Waals surface area contributed by atoms with Crippen LogP contribution in [0.4, 0.5) is 0 Å². The summed E-state index contributed by atoms with van der Waals surface area (Å²) in [7, 11) is 0. The maximum Gasteiger partial charge on any atom is 0.245 e. The van der Waals surface area contributed by atoms with Gasteiger partial charge in [0.2, 0.25) is 11.8 Å². The fourth-order valence-electron chi connectivity index (χ4n) is 2.25. The van der Waals surface area contributed by atoms with Crippen molar-refractivity contribution in [2.75, 3.05) is 26.3 Å². The summed E-state index contributed by atoms with van der Waals surface area (Å²) < 4.78 is 5.28. The number of rotatable bonds is 7. The third-order valence-corrected chi connectivity index (χ3v) is 3.18. The van der Waals surface area contributed by atoms with Crippen molar-refractivity contribution >= 4 is 11.8 Å². The third kappa shape index (κ3) is 5.59. The second-order valence-electron chi connectivity index (χ2n) is 5.38. The highest BCUT2D eigenvalue weighted by molar-refractivity contribution is 5.89. The van der Waals surface area contributed by atoms with Crippen LogP contribution < -0.4 is 5.32 Å². The minimum atomic E-state index is -0.359. The molecule has 1 atom stereocenters. The molecule has 0 bridgehead atoms. The topological polar surface area (TPSA) is 58.6 Å². The van der Waals surface area contributed by atoms with Gasteiger partial charge in [0, 0.05) is 32.7 Å². The number of ether oxygens (including phenoxy) is 1. The molecule has 1 unspecified atom stereocenters. The summed E-state index contributed by atoms with van der Waals surface area (Å²) in [4.78, 5) is 25.8. The number of nitrogens with zero attached hydrogens (tertiary/aromatic N) is 1. The monoisotopic (exact) mass is 270 g/mol. The second-order valence-corrected chi connectivity index (χ2v) is 5.38. The van der Waals surface area contributed by atoms with Gasteiger partial charge in [-0.15, -0.1) is 0 Å². The van der Waals surface area contributed by atoms with Crippen LogP contribution in [0.5, 0.6) is 0 Å². The molecule has 2 amide bonds. The molecule has 1 rings (SSSR count). The maximum atomic E-state index is 12.4. The van der Waals surface area contributed by atoms with E-state index in [0.717, 1.165) is 6.42 Å². The van der Waals surface area contributed by atoms with Crippen molar-refractivity contribution in [3.05, 3.63) is 0 Å². The first-order valence-electron chi connectivity index (χ1n) is 7.20. The van der Waals surface area contributed by atoms with Gasteiger partial charge in [0.1, 0.15) is 6.04 Å². The molecular weight excluding hydrogens is 244 g/mol. The Kier molecular flexibility index (Phi) is 6.84. The molecule has 0 aromatic rings. The van der Waals surface area contributed by atoms with Crippen molar-refractivity contribution in [2.45, 2.75) is 46.1 Å². The van der Waals surface area contributed by atoms with Crippen LogP contribution in [-0.2, 0) is 14.3 Å². The summed E-state index contributed by atoms with van der Waals surface area (Å²) >= 11 is 0. The van der Waals surface area contributed by atoms with Gasteiger partial charge in [-0.3, -0.25) is 9.59 Å². The Labute approximate surface area is 115 Å². The zero-order chi connectivity index (χ0) is 14.3. The van der Waals surface area contributed by atoms with Crippen LogP contribution in [0.2, 0.25) is 0 Å². The predicted octanol–water partition coefficient (Wildman–Crippen LogP) is 1.18. The Balaban J connectivity index is 2.54. The fraction of sp³-hybridized carbons (Fsp3) is 0.857. The van der Waals surface area contributed by atoms with E-state index in [4.69, 9.17) is 4.74 Å². The number of hydrogen-bond acceptors (Lipinski definition) is 3. The molecule has 0 aromatic heterocycles. The van der Waals surface area contributed by atoms with E-state index in [0.29, 0.717) is 45.1 Å². The molecule has 1 N–H and O–H groups in total. The molecule has 1 fully saturated rings. The van der Waals surface area contributed by atoms with Gasteiger partial charge >= 0.3 is 0 Å².